The lowest BCUT2D eigenvalue weighted by Gasteiger charge is -2.02. The Morgan fingerprint density at radius 2 is 1.50 bits per heavy atom. The van der Waals surface area contributed by atoms with Crippen LogP contribution in [-0.4, -0.2) is 4.98 Å². The smallest absolute Gasteiger partial charge is 0.101 e. The molecular formula is C13H7N3. The van der Waals surface area contributed by atoms with E-state index in [-0.39, 0.29) is 0 Å². The highest BCUT2D eigenvalue weighted by atomic mass is 14.6. The zero-order valence-corrected chi connectivity index (χ0v) is 8.38. The van der Waals surface area contributed by atoms with Gasteiger partial charge in [-0.15, -0.1) is 0 Å². The molecule has 0 N–H and O–H groups in total. The second-order valence-electron chi connectivity index (χ2n) is 3.22. The third-order valence-corrected chi connectivity index (χ3v) is 2.27. The summed E-state index contributed by atoms with van der Waals surface area (Å²) in [5.41, 5.74) is 2.70. The van der Waals surface area contributed by atoms with Crippen LogP contribution in [0, 0.1) is 22.7 Å². The van der Waals surface area contributed by atoms with Crippen molar-refractivity contribution in [1.82, 2.24) is 4.98 Å². The Morgan fingerprint density at radius 3 is 2.12 bits per heavy atom. The van der Waals surface area contributed by atoms with Gasteiger partial charge in [-0.05, 0) is 35.4 Å². The Labute approximate surface area is 93.2 Å². The van der Waals surface area contributed by atoms with Crippen LogP contribution in [0.25, 0.3) is 11.1 Å². The zero-order chi connectivity index (χ0) is 11.4. The predicted molar refractivity (Wildman–Crippen MR) is 59.1 cm³/mol. The van der Waals surface area contributed by atoms with Gasteiger partial charge in [0.2, 0.25) is 0 Å². The standard InChI is InChI=1S/C13H7N3/c14-8-12-2-1-11(7-13(12)9-15)10-3-5-16-6-4-10/h1-7H. The summed E-state index contributed by atoms with van der Waals surface area (Å²) in [7, 11) is 0. The van der Waals surface area contributed by atoms with Gasteiger partial charge < -0.3 is 0 Å². The molecule has 1 aromatic carbocycles. The lowest BCUT2D eigenvalue weighted by Crippen LogP contribution is -1.85. The molecule has 74 valence electrons. The van der Waals surface area contributed by atoms with Gasteiger partial charge in [-0.1, -0.05) is 6.07 Å². The Morgan fingerprint density at radius 1 is 0.812 bits per heavy atom. The van der Waals surface area contributed by atoms with E-state index >= 15 is 0 Å². The van der Waals surface area contributed by atoms with Gasteiger partial charge in [0.25, 0.3) is 0 Å². The fourth-order valence-electron chi connectivity index (χ4n) is 1.46. The van der Waals surface area contributed by atoms with Gasteiger partial charge in [-0.25, -0.2) is 0 Å². The number of benzene rings is 1. The number of pyridine rings is 1. The van der Waals surface area contributed by atoms with Crippen molar-refractivity contribution in [2.75, 3.05) is 0 Å². The van der Waals surface area contributed by atoms with Crippen LogP contribution in [0.2, 0.25) is 0 Å². The molecule has 0 aliphatic carbocycles. The third kappa shape index (κ3) is 1.75. The number of rotatable bonds is 1. The van der Waals surface area contributed by atoms with Crippen LogP contribution in [0.3, 0.4) is 0 Å². The van der Waals surface area contributed by atoms with E-state index in [4.69, 9.17) is 10.5 Å². The lowest BCUT2D eigenvalue weighted by molar-refractivity contribution is 1.33. The Bertz CT molecular complexity index is 589. The fraction of sp³-hybridized carbons (Fsp3) is 0. The Kier molecular flexibility index (Phi) is 2.63. The molecule has 3 nitrogen and oxygen atoms in total. The maximum Gasteiger partial charge on any atom is 0.101 e. The van der Waals surface area contributed by atoms with Gasteiger partial charge in [0, 0.05) is 12.4 Å². The molecule has 3 heteroatoms. The average Bonchev–Trinajstić information content (AvgIpc) is 2.39. The quantitative estimate of drug-likeness (QED) is 0.718. The minimum absolute atomic E-state index is 0.400. The molecule has 0 unspecified atom stereocenters. The summed E-state index contributed by atoms with van der Waals surface area (Å²) < 4.78 is 0. The maximum atomic E-state index is 8.91. The molecule has 0 aliphatic rings. The maximum absolute atomic E-state index is 8.91. The van der Waals surface area contributed by atoms with E-state index in [2.05, 4.69) is 4.98 Å². The van der Waals surface area contributed by atoms with Crippen LogP contribution in [-0.2, 0) is 0 Å². The molecule has 0 spiro atoms. The molecule has 1 heterocycles. The van der Waals surface area contributed by atoms with E-state index in [0.29, 0.717) is 11.1 Å². The van der Waals surface area contributed by atoms with Gasteiger partial charge in [0.15, 0.2) is 0 Å². The van der Waals surface area contributed by atoms with Crippen molar-refractivity contribution in [2.24, 2.45) is 0 Å². The summed E-state index contributed by atoms with van der Waals surface area (Å²) in [4.78, 5) is 3.93. The molecule has 1 aromatic heterocycles. The molecule has 0 fully saturated rings. The topological polar surface area (TPSA) is 60.5 Å². The normalized spacial score (nSPS) is 9.12. The molecule has 2 aromatic rings. The monoisotopic (exact) mass is 205 g/mol. The van der Waals surface area contributed by atoms with E-state index < -0.39 is 0 Å². The highest BCUT2D eigenvalue weighted by molar-refractivity contribution is 5.66. The molecule has 0 radical (unpaired) electrons. The first-order valence-electron chi connectivity index (χ1n) is 4.70. The summed E-state index contributed by atoms with van der Waals surface area (Å²) in [6.45, 7) is 0. The van der Waals surface area contributed by atoms with Crippen LogP contribution in [0.4, 0.5) is 0 Å². The summed E-state index contributed by atoms with van der Waals surface area (Å²) in [5, 5.41) is 17.7. The number of hydrogen-bond donors (Lipinski definition) is 0. The van der Waals surface area contributed by atoms with Crippen LogP contribution >= 0.6 is 0 Å². The first-order chi connectivity index (χ1) is 7.85. The number of aromatic nitrogens is 1. The molecule has 0 saturated heterocycles. The Hall–Kier alpha value is -2.65. The van der Waals surface area contributed by atoms with Crippen LogP contribution in [0.1, 0.15) is 11.1 Å². The summed E-state index contributed by atoms with van der Waals surface area (Å²) in [5.74, 6) is 0. The van der Waals surface area contributed by atoms with Crippen molar-refractivity contribution >= 4 is 0 Å². The van der Waals surface area contributed by atoms with Gasteiger partial charge in [-0.3, -0.25) is 4.98 Å². The van der Waals surface area contributed by atoms with Crippen molar-refractivity contribution in [3.05, 3.63) is 53.9 Å². The third-order valence-electron chi connectivity index (χ3n) is 2.27. The molecular weight excluding hydrogens is 198 g/mol. The molecule has 2 rings (SSSR count). The fourth-order valence-corrected chi connectivity index (χ4v) is 1.46. The highest BCUT2D eigenvalue weighted by Gasteiger charge is 2.03. The predicted octanol–water partition coefficient (Wildman–Crippen LogP) is 2.49. The van der Waals surface area contributed by atoms with Gasteiger partial charge in [-0.2, -0.15) is 10.5 Å². The average molecular weight is 205 g/mol. The molecule has 16 heavy (non-hydrogen) atoms. The SMILES string of the molecule is N#Cc1ccc(-c2ccncc2)cc1C#N. The molecule has 0 atom stereocenters. The molecule has 0 saturated carbocycles. The van der Waals surface area contributed by atoms with Gasteiger partial charge >= 0.3 is 0 Å². The van der Waals surface area contributed by atoms with Crippen molar-refractivity contribution in [2.45, 2.75) is 0 Å². The first kappa shape index (κ1) is 9.89. The second kappa shape index (κ2) is 4.25. The van der Waals surface area contributed by atoms with Crippen molar-refractivity contribution in [3.8, 4) is 23.3 Å². The molecule has 0 amide bonds. The summed E-state index contributed by atoms with van der Waals surface area (Å²) in [6, 6.07) is 12.9. The largest absolute Gasteiger partial charge is 0.265 e. The van der Waals surface area contributed by atoms with E-state index in [0.717, 1.165) is 11.1 Å². The Balaban J connectivity index is 2.55. The number of nitriles is 2. The van der Waals surface area contributed by atoms with E-state index in [1.165, 1.54) is 0 Å². The van der Waals surface area contributed by atoms with E-state index in [1.54, 1.807) is 24.5 Å². The van der Waals surface area contributed by atoms with E-state index in [1.807, 2.05) is 30.3 Å². The number of hydrogen-bond acceptors (Lipinski definition) is 3. The van der Waals surface area contributed by atoms with E-state index in [9.17, 15) is 0 Å². The van der Waals surface area contributed by atoms with Crippen LogP contribution in [0.5, 0.6) is 0 Å². The zero-order valence-electron chi connectivity index (χ0n) is 8.38. The first-order valence-corrected chi connectivity index (χ1v) is 4.70. The van der Waals surface area contributed by atoms with Crippen molar-refractivity contribution < 1.29 is 0 Å². The lowest BCUT2D eigenvalue weighted by atomic mass is 10.0. The minimum Gasteiger partial charge on any atom is -0.265 e. The minimum atomic E-state index is 0.400. The van der Waals surface area contributed by atoms with Crippen molar-refractivity contribution in [1.29, 1.82) is 10.5 Å². The van der Waals surface area contributed by atoms with Crippen molar-refractivity contribution in [3.63, 3.8) is 0 Å². The molecule has 0 aliphatic heterocycles. The van der Waals surface area contributed by atoms with Crippen LogP contribution < -0.4 is 0 Å². The van der Waals surface area contributed by atoms with Crippen LogP contribution in [0.15, 0.2) is 42.7 Å². The summed E-state index contributed by atoms with van der Waals surface area (Å²) >= 11 is 0. The van der Waals surface area contributed by atoms with Gasteiger partial charge in [0.05, 0.1) is 11.1 Å². The van der Waals surface area contributed by atoms with Gasteiger partial charge in [0.1, 0.15) is 12.1 Å². The highest BCUT2D eigenvalue weighted by Crippen LogP contribution is 2.21. The molecule has 0 bridgehead atoms. The second-order valence-corrected chi connectivity index (χ2v) is 3.22. The number of nitrogens with zero attached hydrogens (tertiary/aromatic N) is 3. The summed E-state index contributed by atoms with van der Waals surface area (Å²) in [6.07, 6.45) is 3.39.